The molecule has 0 N–H and O–H groups in total. The second-order valence-electron chi connectivity index (χ2n) is 6.21. The fourth-order valence-electron chi connectivity index (χ4n) is 3.76. The zero-order valence-electron chi connectivity index (χ0n) is 11.2. The number of hydrogen-bond donors (Lipinski definition) is 0. The van der Waals surface area contributed by atoms with Gasteiger partial charge in [-0.05, 0) is 23.1 Å². The molecule has 1 saturated heterocycles. The van der Waals surface area contributed by atoms with Crippen LogP contribution in [0.4, 0.5) is 0 Å². The lowest BCUT2D eigenvalue weighted by atomic mass is 9.85. The van der Waals surface area contributed by atoms with E-state index in [0.717, 1.165) is 0 Å². The predicted molar refractivity (Wildman–Crippen MR) is 81.1 cm³/mol. The summed E-state index contributed by atoms with van der Waals surface area (Å²) in [6, 6.07) is 24.9. The van der Waals surface area contributed by atoms with Crippen LogP contribution in [-0.2, 0) is 5.41 Å². The van der Waals surface area contributed by atoms with Crippen LogP contribution in [0.1, 0.15) is 12.5 Å². The zero-order chi connectivity index (χ0) is 12.6. The van der Waals surface area contributed by atoms with Gasteiger partial charge in [0.15, 0.2) is 0 Å². The van der Waals surface area contributed by atoms with Gasteiger partial charge in [0.1, 0.15) is 0 Å². The molecular formula is C17H20Si. The zero-order valence-corrected chi connectivity index (χ0v) is 12.2. The average molecular weight is 252 g/mol. The third-order valence-electron chi connectivity index (χ3n) is 4.50. The summed E-state index contributed by atoms with van der Waals surface area (Å²) in [6.45, 7) is 4.97. The Kier molecular flexibility index (Phi) is 2.67. The molecule has 1 fully saturated rings. The molecule has 1 aliphatic rings. The first-order valence-corrected chi connectivity index (χ1v) is 9.65. The van der Waals surface area contributed by atoms with Gasteiger partial charge < -0.3 is 0 Å². The van der Waals surface area contributed by atoms with Crippen LogP contribution in [0, 0.1) is 0 Å². The van der Waals surface area contributed by atoms with E-state index in [9.17, 15) is 0 Å². The summed E-state index contributed by atoms with van der Waals surface area (Å²) >= 11 is 0. The van der Waals surface area contributed by atoms with Crippen LogP contribution in [0.5, 0.6) is 0 Å². The molecular weight excluding hydrogens is 232 g/mol. The van der Waals surface area contributed by atoms with Gasteiger partial charge in [0.05, 0.1) is 8.07 Å². The molecule has 18 heavy (non-hydrogen) atoms. The number of hydrogen-bond acceptors (Lipinski definition) is 0. The summed E-state index contributed by atoms with van der Waals surface area (Å²) in [5, 5.41) is 1.62. The second kappa shape index (κ2) is 4.10. The van der Waals surface area contributed by atoms with Crippen molar-refractivity contribution in [1.82, 2.24) is 0 Å². The Morgan fingerprint density at radius 1 is 0.833 bits per heavy atom. The van der Waals surface area contributed by atoms with Gasteiger partial charge in [-0.25, -0.2) is 0 Å². The Morgan fingerprint density at radius 2 is 1.33 bits per heavy atom. The topological polar surface area (TPSA) is 0 Å². The molecule has 3 rings (SSSR count). The maximum atomic E-state index is 2.53. The molecule has 0 aromatic heterocycles. The smallest absolute Gasteiger partial charge is 0.0652 e. The minimum absolute atomic E-state index is 0.415. The van der Waals surface area contributed by atoms with Crippen molar-refractivity contribution in [3.05, 3.63) is 66.2 Å². The highest BCUT2D eigenvalue weighted by Gasteiger charge is 2.51. The van der Waals surface area contributed by atoms with Crippen LogP contribution in [0.2, 0.25) is 18.6 Å². The highest BCUT2D eigenvalue weighted by Crippen LogP contribution is 2.50. The third kappa shape index (κ3) is 1.83. The average Bonchev–Trinajstić information content (AvgIpc) is 2.39. The van der Waals surface area contributed by atoms with Crippen molar-refractivity contribution in [1.29, 1.82) is 0 Å². The Labute approximate surface area is 111 Å². The van der Waals surface area contributed by atoms with Gasteiger partial charge in [0.25, 0.3) is 0 Å². The molecule has 0 aliphatic carbocycles. The number of rotatable bonds is 2. The van der Waals surface area contributed by atoms with Crippen LogP contribution in [0.25, 0.3) is 0 Å². The fraction of sp³-hybridized carbons (Fsp3) is 0.294. The van der Waals surface area contributed by atoms with Gasteiger partial charge in [0.2, 0.25) is 0 Å². The molecule has 0 amide bonds. The van der Waals surface area contributed by atoms with Crippen LogP contribution >= 0.6 is 0 Å². The largest absolute Gasteiger partial charge is 0.0853 e. The van der Waals surface area contributed by atoms with Gasteiger partial charge in [-0.1, -0.05) is 79.3 Å². The van der Waals surface area contributed by atoms with Gasteiger partial charge in [-0.15, -0.1) is 0 Å². The third-order valence-corrected chi connectivity index (χ3v) is 9.35. The normalized spacial score (nSPS) is 30.8. The SMILES string of the molecule is CC1(c2ccccc2)C[Si](C)(c2ccccc2)C1. The lowest BCUT2D eigenvalue weighted by Gasteiger charge is -2.52. The Morgan fingerprint density at radius 3 is 1.89 bits per heavy atom. The molecule has 0 nitrogen and oxygen atoms in total. The quantitative estimate of drug-likeness (QED) is 0.710. The van der Waals surface area contributed by atoms with E-state index in [2.05, 4.69) is 74.1 Å². The van der Waals surface area contributed by atoms with Crippen LogP contribution < -0.4 is 5.19 Å². The minimum atomic E-state index is -1.19. The van der Waals surface area contributed by atoms with E-state index in [0.29, 0.717) is 5.41 Å². The van der Waals surface area contributed by atoms with E-state index >= 15 is 0 Å². The molecule has 0 spiro atoms. The molecule has 0 saturated carbocycles. The molecule has 1 heterocycles. The Hall–Kier alpha value is -1.34. The summed E-state index contributed by atoms with van der Waals surface area (Å²) < 4.78 is 0. The van der Waals surface area contributed by atoms with Gasteiger partial charge in [0, 0.05) is 0 Å². The Bertz CT molecular complexity index is 475. The van der Waals surface area contributed by atoms with E-state index in [4.69, 9.17) is 0 Å². The van der Waals surface area contributed by atoms with E-state index in [1.165, 1.54) is 17.7 Å². The van der Waals surface area contributed by atoms with Crippen molar-refractivity contribution in [2.24, 2.45) is 0 Å². The monoisotopic (exact) mass is 252 g/mol. The predicted octanol–water partition coefficient (Wildman–Crippen LogP) is 3.94. The van der Waals surface area contributed by atoms with E-state index < -0.39 is 8.07 Å². The van der Waals surface area contributed by atoms with Crippen molar-refractivity contribution in [3.8, 4) is 0 Å². The van der Waals surface area contributed by atoms with Crippen molar-refractivity contribution in [2.45, 2.75) is 31.0 Å². The van der Waals surface area contributed by atoms with Crippen molar-refractivity contribution in [2.75, 3.05) is 0 Å². The molecule has 2 aromatic rings. The molecule has 92 valence electrons. The summed E-state index contributed by atoms with van der Waals surface area (Å²) in [5.74, 6) is 0. The first-order valence-electron chi connectivity index (χ1n) is 6.74. The van der Waals surface area contributed by atoms with Gasteiger partial charge >= 0.3 is 0 Å². The Balaban J connectivity index is 1.84. The standard InChI is InChI=1S/C17H20Si/c1-17(15-9-5-3-6-10-15)13-18(2,14-17)16-11-7-4-8-12-16/h3-12H,13-14H2,1-2H3. The van der Waals surface area contributed by atoms with E-state index in [-0.39, 0.29) is 0 Å². The van der Waals surface area contributed by atoms with Crippen molar-refractivity contribution in [3.63, 3.8) is 0 Å². The van der Waals surface area contributed by atoms with Crippen LogP contribution in [0.15, 0.2) is 60.7 Å². The molecule has 0 unspecified atom stereocenters. The first kappa shape index (κ1) is 11.7. The highest BCUT2D eigenvalue weighted by molar-refractivity contribution is 6.93. The summed E-state index contributed by atoms with van der Waals surface area (Å²) in [6.07, 6.45) is 0. The first-order chi connectivity index (χ1) is 8.62. The lowest BCUT2D eigenvalue weighted by Crippen LogP contribution is -2.61. The summed E-state index contributed by atoms with van der Waals surface area (Å²) in [5.41, 5.74) is 1.93. The lowest BCUT2D eigenvalue weighted by molar-refractivity contribution is 0.515. The van der Waals surface area contributed by atoms with Crippen molar-refractivity contribution >= 4 is 13.3 Å². The van der Waals surface area contributed by atoms with Gasteiger partial charge in [-0.2, -0.15) is 0 Å². The number of benzene rings is 2. The van der Waals surface area contributed by atoms with E-state index in [1.54, 1.807) is 5.19 Å². The van der Waals surface area contributed by atoms with Crippen molar-refractivity contribution < 1.29 is 0 Å². The van der Waals surface area contributed by atoms with E-state index in [1.807, 2.05) is 0 Å². The fourth-order valence-corrected chi connectivity index (χ4v) is 8.91. The molecule has 0 atom stereocenters. The van der Waals surface area contributed by atoms with Gasteiger partial charge in [-0.3, -0.25) is 0 Å². The second-order valence-corrected chi connectivity index (χ2v) is 10.6. The molecule has 2 aromatic carbocycles. The van der Waals surface area contributed by atoms with Crippen LogP contribution in [0.3, 0.4) is 0 Å². The maximum Gasteiger partial charge on any atom is 0.0853 e. The highest BCUT2D eigenvalue weighted by atomic mass is 28.3. The van der Waals surface area contributed by atoms with Crippen LogP contribution in [-0.4, -0.2) is 8.07 Å². The maximum absolute atomic E-state index is 2.53. The molecule has 1 aliphatic heterocycles. The molecule has 1 heteroatoms. The molecule has 0 bridgehead atoms. The summed E-state index contributed by atoms with van der Waals surface area (Å²) in [4.78, 5) is 0. The minimum Gasteiger partial charge on any atom is -0.0652 e. The summed E-state index contributed by atoms with van der Waals surface area (Å²) in [7, 11) is -1.19. The molecule has 0 radical (unpaired) electrons.